The van der Waals surface area contributed by atoms with E-state index in [4.69, 9.17) is 18.9 Å². The predicted octanol–water partition coefficient (Wildman–Crippen LogP) is 4.20. The van der Waals surface area contributed by atoms with Gasteiger partial charge in [-0.05, 0) is 111 Å². The normalized spacial score (nSPS) is 26.6. The quantitative estimate of drug-likeness (QED) is 0.101. The van der Waals surface area contributed by atoms with Crippen LogP contribution in [-0.2, 0) is 17.6 Å². The molecule has 0 spiro atoms. The Morgan fingerprint density at radius 3 is 2.34 bits per heavy atom. The zero-order valence-electron chi connectivity index (χ0n) is 28.7. The highest BCUT2D eigenvalue weighted by molar-refractivity contribution is 8.76. The van der Waals surface area contributed by atoms with E-state index in [1.165, 1.54) is 34.8 Å². The van der Waals surface area contributed by atoms with E-state index >= 15 is 0 Å². The lowest BCUT2D eigenvalue weighted by Gasteiger charge is -2.30. The third kappa shape index (κ3) is 11.4. The fourth-order valence-corrected chi connectivity index (χ4v) is 10.0. The maximum Gasteiger partial charge on any atom is 0.200 e. The summed E-state index contributed by atoms with van der Waals surface area (Å²) in [4.78, 5) is 0. The van der Waals surface area contributed by atoms with Gasteiger partial charge in [0, 0.05) is 30.1 Å². The first kappa shape index (κ1) is 40.6. The molecule has 8 N–H and O–H groups in total. The Bertz CT molecular complexity index is 1320. The molecule has 1 saturated carbocycles. The van der Waals surface area contributed by atoms with E-state index in [9.17, 15) is 40.9 Å². The first-order chi connectivity index (χ1) is 24.2. The van der Waals surface area contributed by atoms with Crippen molar-refractivity contribution in [3.05, 3.63) is 41.0 Å². The van der Waals surface area contributed by atoms with Gasteiger partial charge in [-0.3, -0.25) is 0 Å². The molecule has 50 heavy (non-hydrogen) atoms. The summed E-state index contributed by atoms with van der Waals surface area (Å²) in [5.74, 6) is 0.264. The Hall–Kier alpha value is -2.14. The highest BCUT2D eigenvalue weighted by Crippen LogP contribution is 2.47. The summed E-state index contributed by atoms with van der Waals surface area (Å²) >= 11 is 0. The second kappa shape index (κ2) is 20.8. The zero-order chi connectivity index (χ0) is 36.0. The summed E-state index contributed by atoms with van der Waals surface area (Å²) < 4.78 is 22.6. The fourth-order valence-electron chi connectivity index (χ4n) is 7.12. The van der Waals surface area contributed by atoms with E-state index in [0.717, 1.165) is 49.7 Å². The number of fused-ring (bicyclic) bond motifs is 1. The predicted molar refractivity (Wildman–Crippen MR) is 192 cm³/mol. The monoisotopic (exact) mass is 742 g/mol. The van der Waals surface area contributed by atoms with Gasteiger partial charge >= 0.3 is 0 Å². The molecule has 1 aliphatic carbocycles. The zero-order valence-corrected chi connectivity index (χ0v) is 30.3. The van der Waals surface area contributed by atoms with Gasteiger partial charge in [-0.2, -0.15) is 0 Å². The van der Waals surface area contributed by atoms with E-state index < -0.39 is 37.8 Å². The number of hydrogen-bond acceptors (Lipinski definition) is 14. The molecule has 282 valence electrons. The molecule has 12 nitrogen and oxygen atoms in total. The number of ether oxygens (including phenoxy) is 4. The van der Waals surface area contributed by atoms with Gasteiger partial charge in [0.1, 0.15) is 6.79 Å². The van der Waals surface area contributed by atoms with E-state index in [1.54, 1.807) is 12.1 Å². The Balaban J connectivity index is 1.61. The number of aliphatic hydroxyl groups is 6. The van der Waals surface area contributed by atoms with Crippen LogP contribution in [0.4, 0.5) is 0 Å². The van der Waals surface area contributed by atoms with Crippen LogP contribution in [0.3, 0.4) is 0 Å². The molecule has 7 atom stereocenters. The number of aliphatic hydroxyl groups excluding tert-OH is 6. The van der Waals surface area contributed by atoms with Crippen molar-refractivity contribution in [2.24, 2.45) is 11.8 Å². The van der Waals surface area contributed by atoms with Crippen LogP contribution < -0.4 is 14.2 Å². The molecule has 1 aliphatic heterocycles. The summed E-state index contributed by atoms with van der Waals surface area (Å²) in [6.45, 7) is -1.14. The van der Waals surface area contributed by atoms with Crippen LogP contribution in [-0.4, -0.2) is 105 Å². The van der Waals surface area contributed by atoms with Crippen molar-refractivity contribution in [2.45, 2.75) is 100 Å². The lowest BCUT2D eigenvalue weighted by molar-refractivity contribution is -0.0808. The van der Waals surface area contributed by atoms with Crippen LogP contribution in [0.15, 0.2) is 24.3 Å². The van der Waals surface area contributed by atoms with Crippen LogP contribution in [0.2, 0.25) is 0 Å². The molecule has 0 bridgehead atoms. The number of benzene rings is 2. The summed E-state index contributed by atoms with van der Waals surface area (Å²) in [6, 6.07) is 6.70. The average Bonchev–Trinajstić information content (AvgIpc) is 3.11. The topological polar surface area (TPSA) is 199 Å². The molecule has 0 radical (unpaired) electrons. The van der Waals surface area contributed by atoms with Crippen molar-refractivity contribution in [2.75, 3.05) is 39.7 Å². The van der Waals surface area contributed by atoms with Gasteiger partial charge in [-0.25, -0.2) is 0 Å². The summed E-state index contributed by atoms with van der Waals surface area (Å²) in [6.07, 6.45) is 4.47. The lowest BCUT2D eigenvalue weighted by atomic mass is 9.84. The molecule has 0 unspecified atom stereocenters. The van der Waals surface area contributed by atoms with Crippen LogP contribution in [0.5, 0.6) is 28.7 Å². The van der Waals surface area contributed by atoms with E-state index in [1.807, 2.05) is 6.07 Å². The first-order valence-corrected chi connectivity index (χ1v) is 19.8. The van der Waals surface area contributed by atoms with Crippen molar-refractivity contribution in [3.8, 4) is 28.7 Å². The maximum absolute atomic E-state index is 11.6. The van der Waals surface area contributed by atoms with Crippen molar-refractivity contribution in [3.63, 3.8) is 0 Å². The number of rotatable bonds is 14. The average molecular weight is 743 g/mol. The van der Waals surface area contributed by atoms with Gasteiger partial charge in [0.05, 0.1) is 31.5 Å². The van der Waals surface area contributed by atoms with Gasteiger partial charge in [0.15, 0.2) is 29.8 Å². The Morgan fingerprint density at radius 1 is 0.820 bits per heavy atom. The molecular formula is C36H54O12S2. The van der Waals surface area contributed by atoms with Gasteiger partial charge in [0.25, 0.3) is 0 Å². The summed E-state index contributed by atoms with van der Waals surface area (Å²) in [5, 5.41) is 82.9. The second-order valence-electron chi connectivity index (χ2n) is 13.2. The fraction of sp³-hybridized carbons (Fsp3) is 0.667. The molecule has 1 fully saturated rings. The van der Waals surface area contributed by atoms with Gasteiger partial charge in [-0.15, -0.1) is 0 Å². The van der Waals surface area contributed by atoms with Crippen LogP contribution in [0, 0.1) is 11.8 Å². The van der Waals surface area contributed by atoms with E-state index in [2.05, 4.69) is 0 Å². The molecular weight excluding hydrogens is 689 g/mol. The van der Waals surface area contributed by atoms with Crippen LogP contribution >= 0.6 is 21.6 Å². The highest BCUT2D eigenvalue weighted by Gasteiger charge is 2.32. The summed E-state index contributed by atoms with van der Waals surface area (Å²) in [5.41, 5.74) is 2.34. The maximum atomic E-state index is 11.6. The Kier molecular flexibility index (Phi) is 16.9. The highest BCUT2D eigenvalue weighted by atomic mass is 33.1. The molecule has 2 aromatic rings. The molecule has 1 heterocycles. The molecule has 14 heteroatoms. The number of aryl methyl sites for hydroxylation is 1. The van der Waals surface area contributed by atoms with E-state index in [0.29, 0.717) is 36.5 Å². The van der Waals surface area contributed by atoms with Gasteiger partial charge in [0.2, 0.25) is 5.75 Å². The molecule has 2 aliphatic rings. The third-order valence-electron chi connectivity index (χ3n) is 9.73. The van der Waals surface area contributed by atoms with Crippen molar-refractivity contribution >= 4 is 21.6 Å². The van der Waals surface area contributed by atoms with Crippen molar-refractivity contribution in [1.82, 2.24) is 0 Å². The summed E-state index contributed by atoms with van der Waals surface area (Å²) in [7, 11) is 4.27. The van der Waals surface area contributed by atoms with Crippen molar-refractivity contribution < 1.29 is 59.8 Å². The third-order valence-corrected chi connectivity index (χ3v) is 12.6. The standard InChI is InChI=1S/C36H54O12S2/c1-45-33-14-23(15-34(36(33)44)47-21-40)13-28-29(41)17-25(46-20-39)8-7-24-16-32(48-26-6-2-4-22(12-26)5-3-10-37)30(42)18-27(24)35(9-11-38)50-49-19-31(28)43/h14-16,18,22,25-26,28-29,31,35,37-44H,2-13,17,19-21H2,1H3/t22-,25-,26+,28+,29+,31+,35-/m0/s1. The number of aromatic hydroxyl groups is 2. The first-order valence-electron chi connectivity index (χ1n) is 17.5. The number of phenols is 2. The second-order valence-corrected chi connectivity index (χ2v) is 15.8. The smallest absolute Gasteiger partial charge is 0.200 e. The Morgan fingerprint density at radius 2 is 1.62 bits per heavy atom. The van der Waals surface area contributed by atoms with E-state index in [-0.39, 0.29) is 66.2 Å². The lowest BCUT2D eigenvalue weighted by Crippen LogP contribution is -2.38. The molecule has 4 rings (SSSR count). The van der Waals surface area contributed by atoms with Crippen molar-refractivity contribution in [1.29, 1.82) is 0 Å². The van der Waals surface area contributed by atoms with Gasteiger partial charge in [-0.1, -0.05) is 28.0 Å². The minimum absolute atomic E-state index is 0.00287. The number of methoxy groups -OCH3 is 1. The van der Waals surface area contributed by atoms with Gasteiger partial charge < -0.3 is 59.8 Å². The minimum Gasteiger partial charge on any atom is -0.504 e. The van der Waals surface area contributed by atoms with Crippen LogP contribution in [0.1, 0.15) is 79.7 Å². The van der Waals surface area contributed by atoms with Crippen LogP contribution in [0.25, 0.3) is 0 Å². The molecule has 0 aromatic heterocycles. The number of hydrogen-bond donors (Lipinski definition) is 8. The Labute approximate surface area is 302 Å². The molecule has 2 aromatic carbocycles. The SMILES string of the molecule is COc1cc(C[C@H]2[C@H](O)CSS[C@@H](CCO)c3cc(O)c(O[C@@H]4CCC[C@@H](CCCO)C4)cc3CC[C@H](OCO)C[C@H]2O)cc(OCO)c1O. The largest absolute Gasteiger partial charge is 0.504 e. The molecule has 0 saturated heterocycles. The molecule has 0 amide bonds. The minimum atomic E-state index is -1.05. The number of phenolic OH excluding ortho intramolecular Hbond substituents is 2.